The predicted octanol–water partition coefficient (Wildman–Crippen LogP) is 3.35. The minimum atomic E-state index is -3.47. The number of rotatable bonds is 10. The van der Waals surface area contributed by atoms with E-state index in [1.165, 1.54) is 25.3 Å². The van der Waals surface area contributed by atoms with Crippen LogP contribution in [0.25, 0.3) is 0 Å². The number of carbonyl (C=O) groups excluding carboxylic acids is 3. The highest BCUT2D eigenvalue weighted by molar-refractivity contribution is 7.90. The molecule has 2 heterocycles. The van der Waals surface area contributed by atoms with E-state index in [9.17, 15) is 22.8 Å². The number of hydrogen-bond donors (Lipinski definition) is 2. The molecule has 10 nitrogen and oxygen atoms in total. The maximum absolute atomic E-state index is 13.7. The molecule has 238 valence electrons. The second kappa shape index (κ2) is 14.1. The first-order valence-corrected chi connectivity index (χ1v) is 17.7. The lowest BCUT2D eigenvalue weighted by Crippen LogP contribution is -2.63. The average Bonchev–Trinajstić information content (AvgIpc) is 3.03. The Hall–Kier alpha value is -3.44. The Morgan fingerprint density at radius 3 is 2.30 bits per heavy atom. The van der Waals surface area contributed by atoms with Gasteiger partial charge in [-0.1, -0.05) is 37.8 Å². The molecule has 2 aromatic carbocycles. The molecule has 2 N–H and O–H groups in total. The van der Waals surface area contributed by atoms with Crippen molar-refractivity contribution in [2.75, 3.05) is 50.5 Å². The van der Waals surface area contributed by atoms with Gasteiger partial charge in [0, 0.05) is 24.9 Å². The average molecular weight is 625 g/mol. The van der Waals surface area contributed by atoms with Gasteiger partial charge in [0.25, 0.3) is 5.91 Å². The third kappa shape index (κ3) is 7.79. The Balaban J connectivity index is 1.18. The lowest BCUT2D eigenvalue weighted by atomic mass is 9.80. The van der Waals surface area contributed by atoms with Gasteiger partial charge in [0.2, 0.25) is 5.91 Å². The van der Waals surface area contributed by atoms with Gasteiger partial charge >= 0.3 is 0 Å². The summed E-state index contributed by atoms with van der Waals surface area (Å²) in [5.74, 6) is -0.166. The number of nitrogens with zero attached hydrogens (tertiary/aromatic N) is 2. The lowest BCUT2D eigenvalue weighted by Gasteiger charge is -2.39. The molecule has 1 atom stereocenters. The van der Waals surface area contributed by atoms with Gasteiger partial charge in [-0.05, 0) is 81.6 Å². The van der Waals surface area contributed by atoms with Crippen LogP contribution >= 0.6 is 0 Å². The molecule has 1 saturated carbocycles. The van der Waals surface area contributed by atoms with E-state index in [4.69, 9.17) is 4.74 Å². The van der Waals surface area contributed by atoms with Crippen molar-refractivity contribution < 1.29 is 27.5 Å². The number of sulfone groups is 1. The molecule has 3 aliphatic rings. The highest BCUT2D eigenvalue weighted by Crippen LogP contribution is 2.31. The summed E-state index contributed by atoms with van der Waals surface area (Å²) < 4.78 is 30.5. The van der Waals surface area contributed by atoms with Crippen LogP contribution in [0.15, 0.2) is 53.4 Å². The molecule has 44 heavy (non-hydrogen) atoms. The summed E-state index contributed by atoms with van der Waals surface area (Å²) in [4.78, 5) is 44.6. The molecule has 2 saturated heterocycles. The first-order valence-electron chi connectivity index (χ1n) is 15.8. The van der Waals surface area contributed by atoms with Crippen molar-refractivity contribution in [2.24, 2.45) is 0 Å². The Bertz CT molecular complexity index is 1430. The van der Waals surface area contributed by atoms with Gasteiger partial charge in [-0.15, -0.1) is 0 Å². The van der Waals surface area contributed by atoms with Crippen LogP contribution in [0, 0.1) is 0 Å². The number of anilines is 1. The Labute approximate surface area is 260 Å². The van der Waals surface area contributed by atoms with E-state index in [0.29, 0.717) is 49.4 Å². The first kappa shape index (κ1) is 32.0. The zero-order valence-electron chi connectivity index (χ0n) is 25.6. The molecular formula is C33H44N4O6S. The number of benzene rings is 2. The normalized spacial score (nSPS) is 21.0. The van der Waals surface area contributed by atoms with E-state index in [-0.39, 0.29) is 29.0 Å². The molecule has 11 heteroatoms. The monoisotopic (exact) mass is 624 g/mol. The molecular weight excluding hydrogens is 580 g/mol. The third-order valence-electron chi connectivity index (χ3n) is 9.07. The number of carbonyl (C=O) groups is 3. The Kier molecular flexibility index (Phi) is 10.3. The van der Waals surface area contributed by atoms with Gasteiger partial charge in [0.1, 0.15) is 17.9 Å². The Morgan fingerprint density at radius 1 is 0.932 bits per heavy atom. The standard InChI is InChI=1S/C33H44N4O6S/c1-44(41,42)30-11-5-4-10-28(30)37-21-16-27(29(38)24-37)34-32(40)33(17-6-2-7-18-33)35-31(39)25-12-14-26(15-13-25)43-23-22-36-19-8-3-9-20-36/h4-5,10-15,27H,2-3,6-9,16-24H2,1H3,(H,34,40)(H,35,39). The van der Waals surface area contributed by atoms with Crippen molar-refractivity contribution in [1.29, 1.82) is 0 Å². The number of hydrogen-bond acceptors (Lipinski definition) is 8. The second-order valence-electron chi connectivity index (χ2n) is 12.3. The SMILES string of the molecule is CS(=O)(=O)c1ccccc1N1CCC(NC(=O)C2(NC(=O)c3ccc(OCCN4CCCCC4)cc3)CCCCC2)C(=O)C1. The zero-order valence-corrected chi connectivity index (χ0v) is 26.4. The van der Waals surface area contributed by atoms with E-state index >= 15 is 0 Å². The summed E-state index contributed by atoms with van der Waals surface area (Å²) in [6.45, 7) is 4.11. The number of para-hydroxylation sites is 1. The molecule has 2 aliphatic heterocycles. The minimum absolute atomic E-state index is 0.0106. The highest BCUT2D eigenvalue weighted by Gasteiger charge is 2.43. The quantitative estimate of drug-likeness (QED) is 0.413. The topological polar surface area (TPSA) is 125 Å². The van der Waals surface area contributed by atoms with Crippen molar-refractivity contribution in [3.63, 3.8) is 0 Å². The van der Waals surface area contributed by atoms with E-state index in [0.717, 1.165) is 45.2 Å². The van der Waals surface area contributed by atoms with E-state index in [1.807, 2.05) is 0 Å². The van der Waals surface area contributed by atoms with Gasteiger partial charge in [0.05, 0.1) is 23.2 Å². The molecule has 3 fully saturated rings. The van der Waals surface area contributed by atoms with Crippen LogP contribution in [0.4, 0.5) is 5.69 Å². The van der Waals surface area contributed by atoms with Crippen molar-refractivity contribution in [3.8, 4) is 5.75 Å². The molecule has 2 aromatic rings. The van der Waals surface area contributed by atoms with Crippen molar-refractivity contribution >= 4 is 33.1 Å². The highest BCUT2D eigenvalue weighted by atomic mass is 32.2. The number of nitrogens with one attached hydrogen (secondary N) is 2. The predicted molar refractivity (Wildman–Crippen MR) is 169 cm³/mol. The molecule has 1 aliphatic carbocycles. The number of ketones is 1. The Morgan fingerprint density at radius 2 is 1.61 bits per heavy atom. The van der Waals surface area contributed by atoms with Gasteiger partial charge in [-0.2, -0.15) is 0 Å². The summed E-state index contributed by atoms with van der Waals surface area (Å²) in [6.07, 6.45) is 8.83. The molecule has 1 unspecified atom stereocenters. The summed E-state index contributed by atoms with van der Waals surface area (Å²) in [7, 11) is -3.47. The number of likely N-dealkylation sites (tertiary alicyclic amines) is 1. The van der Waals surface area contributed by atoms with Gasteiger partial charge in [-0.25, -0.2) is 8.42 Å². The molecule has 5 rings (SSSR count). The molecule has 0 aromatic heterocycles. The largest absolute Gasteiger partial charge is 0.492 e. The zero-order chi connectivity index (χ0) is 31.2. The minimum Gasteiger partial charge on any atom is -0.492 e. The van der Waals surface area contributed by atoms with E-state index < -0.39 is 21.4 Å². The number of ether oxygens (including phenoxy) is 1. The molecule has 2 amide bonds. The maximum atomic E-state index is 13.7. The lowest BCUT2D eigenvalue weighted by molar-refractivity contribution is -0.133. The van der Waals surface area contributed by atoms with Crippen molar-refractivity contribution in [2.45, 2.75) is 74.3 Å². The number of amides is 2. The van der Waals surface area contributed by atoms with Crippen molar-refractivity contribution in [3.05, 3.63) is 54.1 Å². The number of piperidine rings is 2. The van der Waals surface area contributed by atoms with Crippen LogP contribution < -0.4 is 20.3 Å². The second-order valence-corrected chi connectivity index (χ2v) is 14.3. The molecule has 0 radical (unpaired) electrons. The van der Waals surface area contributed by atoms with Gasteiger partial charge in [0.15, 0.2) is 15.6 Å². The number of Topliss-reactive ketones (excluding diaryl/α,β-unsaturated/α-hetero) is 1. The van der Waals surface area contributed by atoms with E-state index in [2.05, 4.69) is 15.5 Å². The van der Waals surface area contributed by atoms with Crippen LogP contribution in [0.3, 0.4) is 0 Å². The van der Waals surface area contributed by atoms with Crippen LogP contribution in [0.5, 0.6) is 5.75 Å². The third-order valence-corrected chi connectivity index (χ3v) is 10.2. The molecule has 0 bridgehead atoms. The summed E-state index contributed by atoms with van der Waals surface area (Å²) in [5.41, 5.74) is -0.165. The summed E-state index contributed by atoms with van der Waals surface area (Å²) in [5, 5.41) is 5.97. The van der Waals surface area contributed by atoms with Gasteiger partial charge in [-0.3, -0.25) is 19.3 Å². The van der Waals surface area contributed by atoms with Crippen LogP contribution in [0.1, 0.15) is 68.1 Å². The fourth-order valence-corrected chi connectivity index (χ4v) is 7.44. The van der Waals surface area contributed by atoms with E-state index in [1.54, 1.807) is 47.4 Å². The maximum Gasteiger partial charge on any atom is 0.252 e. The first-order chi connectivity index (χ1) is 21.1. The van der Waals surface area contributed by atoms with Crippen LogP contribution in [0.2, 0.25) is 0 Å². The van der Waals surface area contributed by atoms with Crippen LogP contribution in [-0.4, -0.2) is 88.1 Å². The van der Waals surface area contributed by atoms with Crippen LogP contribution in [-0.2, 0) is 19.4 Å². The summed E-state index contributed by atoms with van der Waals surface area (Å²) in [6, 6.07) is 12.9. The van der Waals surface area contributed by atoms with Gasteiger partial charge < -0.3 is 20.3 Å². The fraction of sp³-hybridized carbons (Fsp3) is 0.545. The smallest absolute Gasteiger partial charge is 0.252 e. The van der Waals surface area contributed by atoms with Crippen molar-refractivity contribution in [1.82, 2.24) is 15.5 Å². The molecule has 0 spiro atoms. The fourth-order valence-electron chi connectivity index (χ4n) is 6.54. The summed E-state index contributed by atoms with van der Waals surface area (Å²) >= 11 is 0.